The second kappa shape index (κ2) is 8.48. The zero-order chi connectivity index (χ0) is 15.1. The van der Waals surface area contributed by atoms with Crippen molar-refractivity contribution in [2.24, 2.45) is 5.92 Å². The molecule has 1 aromatic carbocycles. The Morgan fingerprint density at radius 1 is 0.913 bits per heavy atom. The summed E-state index contributed by atoms with van der Waals surface area (Å²) in [5, 5.41) is 0. The van der Waals surface area contributed by atoms with Crippen LogP contribution in [-0.4, -0.2) is 5.43 Å². The third kappa shape index (κ3) is 3.87. The van der Waals surface area contributed by atoms with Gasteiger partial charge in [-0.1, -0.05) is 0 Å². The van der Waals surface area contributed by atoms with Crippen LogP contribution in [0.15, 0.2) is 42.0 Å². The molecular weight excluding hydrogens is 418 g/mol. The number of rotatable bonds is 2. The number of fused-ring (bicyclic) bond motifs is 1. The van der Waals surface area contributed by atoms with E-state index in [4.69, 9.17) is 0 Å². The second-order valence-electron chi connectivity index (χ2n) is 6.46. The largest absolute Gasteiger partial charge is 1.00 e. The molecule has 0 heterocycles. The van der Waals surface area contributed by atoms with Crippen molar-refractivity contribution < 1.29 is 46.7 Å². The average Bonchev–Trinajstić information content (AvgIpc) is 3.02. The first kappa shape index (κ1) is 21.2. The fraction of sp³-hybridized carbons (Fsp3) is 0.368. The van der Waals surface area contributed by atoms with Crippen molar-refractivity contribution in [2.75, 3.05) is 0 Å². The first-order valence-electron chi connectivity index (χ1n) is 7.73. The molecule has 4 heteroatoms. The van der Waals surface area contributed by atoms with Crippen molar-refractivity contribution in [1.82, 2.24) is 0 Å². The van der Waals surface area contributed by atoms with E-state index in [1.54, 1.807) is 22.3 Å². The Kier molecular flexibility index (Phi) is 7.80. The molecule has 0 amide bonds. The van der Waals surface area contributed by atoms with Gasteiger partial charge in [-0.15, -0.1) is 0 Å². The minimum atomic E-state index is -0.346. The van der Waals surface area contributed by atoms with Gasteiger partial charge in [-0.05, 0) is 0 Å². The molecule has 0 bridgehead atoms. The van der Waals surface area contributed by atoms with Crippen molar-refractivity contribution in [3.05, 3.63) is 64.3 Å². The van der Waals surface area contributed by atoms with Crippen molar-refractivity contribution in [3.63, 3.8) is 0 Å². The van der Waals surface area contributed by atoms with E-state index in [2.05, 4.69) is 70.3 Å². The number of aryl methyl sites for hydroxylation is 2. The van der Waals surface area contributed by atoms with E-state index in [0.29, 0.717) is 5.92 Å². The fourth-order valence-electron chi connectivity index (χ4n) is 3.65. The zero-order valence-corrected chi connectivity index (χ0v) is 19.3. The number of halogens is 2. The fourth-order valence-corrected chi connectivity index (χ4v) is 12.8. The molecule has 0 aliphatic heterocycles. The van der Waals surface area contributed by atoms with Crippen molar-refractivity contribution >= 4 is 11.0 Å². The van der Waals surface area contributed by atoms with Crippen molar-refractivity contribution in [1.29, 1.82) is 0 Å². The summed E-state index contributed by atoms with van der Waals surface area (Å²) in [5.74, 6) is 0.512. The van der Waals surface area contributed by atoms with E-state index in [1.165, 1.54) is 11.1 Å². The Labute approximate surface area is 164 Å². The van der Waals surface area contributed by atoms with Crippen LogP contribution in [0.2, 0.25) is 13.1 Å². The zero-order valence-electron chi connectivity index (χ0n) is 14.4. The van der Waals surface area contributed by atoms with Crippen molar-refractivity contribution in [3.8, 4) is 0 Å². The summed E-state index contributed by atoms with van der Waals surface area (Å²) >= 11 is -0.346. The van der Waals surface area contributed by atoms with E-state index in [0.717, 1.165) is 3.63 Å². The van der Waals surface area contributed by atoms with E-state index < -0.39 is 0 Å². The predicted molar refractivity (Wildman–Crippen MR) is 90.5 cm³/mol. The Hall–Kier alpha value is 0.120. The number of allylic oxidation sites excluding steroid dienone is 6. The van der Waals surface area contributed by atoms with E-state index in [-0.39, 0.29) is 52.1 Å². The van der Waals surface area contributed by atoms with Gasteiger partial charge in [-0.3, -0.25) is 0 Å². The molecule has 0 radical (unpaired) electrons. The molecule has 2 aliphatic rings. The molecule has 0 fully saturated rings. The number of benzene rings is 1. The van der Waals surface area contributed by atoms with Crippen LogP contribution in [0.3, 0.4) is 0 Å². The molecule has 0 aromatic heterocycles. The van der Waals surface area contributed by atoms with Crippen LogP contribution >= 0.6 is 0 Å². The van der Waals surface area contributed by atoms with Gasteiger partial charge in [0.1, 0.15) is 0 Å². The Morgan fingerprint density at radius 3 is 2.04 bits per heavy atom. The summed E-state index contributed by atoms with van der Waals surface area (Å²) in [6.45, 7) is 12.1. The van der Waals surface area contributed by atoms with Gasteiger partial charge in [-0.25, -0.2) is 0 Å². The summed E-state index contributed by atoms with van der Waals surface area (Å²) in [7, 11) is 0. The van der Waals surface area contributed by atoms with Crippen LogP contribution in [0.5, 0.6) is 0 Å². The molecule has 121 valence electrons. The van der Waals surface area contributed by atoms with Gasteiger partial charge in [0.15, 0.2) is 0 Å². The summed E-state index contributed by atoms with van der Waals surface area (Å²) in [6.07, 6.45) is 9.14. The molecule has 2 aliphatic carbocycles. The smallest absolute Gasteiger partial charge is 1.00 e. The monoisotopic (exact) mass is 439 g/mol. The minimum Gasteiger partial charge on any atom is -1.00 e. The molecule has 0 nitrogen and oxygen atoms in total. The summed E-state index contributed by atoms with van der Waals surface area (Å²) < 4.78 is 0.824. The molecule has 0 saturated heterocycles. The van der Waals surface area contributed by atoms with E-state index in [9.17, 15) is 0 Å². The topological polar surface area (TPSA) is 0 Å². The van der Waals surface area contributed by atoms with Gasteiger partial charge in [0, 0.05) is 0 Å². The summed E-state index contributed by atoms with van der Waals surface area (Å²) in [6, 6.07) is 4.66. The Bertz CT molecular complexity index is 713. The molecule has 23 heavy (non-hydrogen) atoms. The standard InChI is InChI=1S/C17H17.C2H6Si.2ClH.Zr/c1-11-8-9-12(2)17-15(11)10-13(3)16(17)14-6-4-5-7-14;1-3-2;;;/h4-10,14H,1-3H3;1-2H3;2*1H;/q;;;;+2/p-2. The third-order valence-electron chi connectivity index (χ3n) is 4.60. The molecule has 3 rings (SSSR count). The van der Waals surface area contributed by atoms with Gasteiger partial charge in [0.2, 0.25) is 0 Å². The molecule has 0 saturated carbocycles. The van der Waals surface area contributed by atoms with Crippen LogP contribution in [0.4, 0.5) is 0 Å². The maximum Gasteiger partial charge on any atom is -1.00 e. The van der Waals surface area contributed by atoms with Gasteiger partial charge in [0.05, 0.1) is 0 Å². The van der Waals surface area contributed by atoms with E-state index in [1.807, 2.05) is 0 Å². The van der Waals surface area contributed by atoms with Gasteiger partial charge < -0.3 is 24.8 Å². The first-order chi connectivity index (χ1) is 10.0. The van der Waals surface area contributed by atoms with Crippen LogP contribution in [0, 0.1) is 19.8 Å². The molecule has 0 N–H and O–H groups in total. The number of hydrogen-bond donors (Lipinski definition) is 0. The maximum absolute atomic E-state index is 2.52. The normalized spacial score (nSPS) is 18.4. The quantitative estimate of drug-likeness (QED) is 0.528. The predicted octanol–water partition coefficient (Wildman–Crippen LogP) is -0.785. The summed E-state index contributed by atoms with van der Waals surface area (Å²) in [4.78, 5) is 0. The van der Waals surface area contributed by atoms with E-state index >= 15 is 0 Å². The van der Waals surface area contributed by atoms with Crippen LogP contribution < -0.4 is 24.8 Å². The van der Waals surface area contributed by atoms with Crippen LogP contribution in [0.1, 0.15) is 32.8 Å². The Balaban J connectivity index is 0.00000132. The van der Waals surface area contributed by atoms with Gasteiger partial charge >= 0.3 is 141 Å². The maximum atomic E-state index is 2.52. The minimum absolute atomic E-state index is 0. The number of hydrogen-bond acceptors (Lipinski definition) is 0. The second-order valence-corrected chi connectivity index (χ2v) is 19.7. The molecule has 1 aromatic rings. The van der Waals surface area contributed by atoms with Crippen LogP contribution in [-0.2, 0) is 21.9 Å². The molecule has 1 unspecified atom stereocenters. The molecule has 0 spiro atoms. The molecule has 1 atom stereocenters. The van der Waals surface area contributed by atoms with Gasteiger partial charge in [0.25, 0.3) is 0 Å². The Morgan fingerprint density at radius 2 is 1.48 bits per heavy atom. The van der Waals surface area contributed by atoms with Crippen molar-refractivity contribution in [2.45, 2.75) is 37.5 Å². The third-order valence-corrected chi connectivity index (χ3v) is 13.6. The average molecular weight is 442 g/mol. The van der Waals surface area contributed by atoms with Crippen LogP contribution in [0.25, 0.3) is 5.57 Å². The molecular formula is C19H23Cl2SiZr. The van der Waals surface area contributed by atoms with Gasteiger partial charge in [-0.2, -0.15) is 0 Å². The summed E-state index contributed by atoms with van der Waals surface area (Å²) in [5.41, 5.74) is 9.55. The SMILES string of the molecule is CC1=C(C2C=CC=C2)c2c(C)ccc(C)c2[CH]1[Zr+2]=[Si](C)C.[Cl-].[Cl-]. The first-order valence-corrected chi connectivity index (χ1v) is 15.3.